The molecule has 0 bridgehead atoms. The molecule has 3 nitrogen and oxygen atoms in total. The van der Waals surface area contributed by atoms with E-state index < -0.39 is 0 Å². The largest absolute Gasteiger partial charge is 0.382 e. The maximum atomic E-state index is 11.1. The number of rotatable bonds is 7. The molecule has 0 heterocycles. The summed E-state index contributed by atoms with van der Waals surface area (Å²) in [5, 5.41) is 3.48. The van der Waals surface area contributed by atoms with E-state index in [1.165, 1.54) is 6.42 Å². The second-order valence-corrected chi connectivity index (χ2v) is 4.94. The van der Waals surface area contributed by atoms with Crippen molar-refractivity contribution in [1.82, 2.24) is 0 Å². The van der Waals surface area contributed by atoms with E-state index >= 15 is 0 Å². The Balaban J connectivity index is 2.69. The second kappa shape index (κ2) is 7.04. The van der Waals surface area contributed by atoms with E-state index in [0.717, 1.165) is 18.5 Å². The average Bonchev–Trinajstić information content (AvgIpc) is 2.38. The first-order valence-electron chi connectivity index (χ1n) is 6.73. The normalized spacial score (nSPS) is 13.9. The number of primary amides is 1. The predicted molar refractivity (Wildman–Crippen MR) is 76.7 cm³/mol. The molecule has 1 rings (SSSR count). The van der Waals surface area contributed by atoms with E-state index in [2.05, 4.69) is 26.1 Å². The first-order valence-corrected chi connectivity index (χ1v) is 6.73. The van der Waals surface area contributed by atoms with Crippen molar-refractivity contribution in [2.24, 2.45) is 11.7 Å². The number of nitrogens with one attached hydrogen (secondary N) is 1. The third-order valence-electron chi connectivity index (χ3n) is 3.39. The van der Waals surface area contributed by atoms with Crippen LogP contribution in [-0.4, -0.2) is 11.9 Å². The number of carbonyl (C=O) groups excluding carboxylic acids is 1. The molecule has 0 aliphatic heterocycles. The first-order chi connectivity index (χ1) is 8.56. The van der Waals surface area contributed by atoms with Gasteiger partial charge in [-0.3, -0.25) is 4.79 Å². The molecule has 0 saturated heterocycles. The molecular formula is C15H24N2O. The molecule has 0 spiro atoms. The lowest BCUT2D eigenvalue weighted by Gasteiger charge is -2.21. The molecule has 0 saturated carbocycles. The van der Waals surface area contributed by atoms with Crippen LogP contribution >= 0.6 is 0 Å². The van der Waals surface area contributed by atoms with Crippen molar-refractivity contribution < 1.29 is 4.79 Å². The molecule has 2 atom stereocenters. The number of amides is 1. The summed E-state index contributed by atoms with van der Waals surface area (Å²) in [6.07, 6.45) is 3.42. The van der Waals surface area contributed by atoms with Gasteiger partial charge in [-0.25, -0.2) is 0 Å². The van der Waals surface area contributed by atoms with Gasteiger partial charge in [0.25, 0.3) is 0 Å². The van der Waals surface area contributed by atoms with Crippen LogP contribution < -0.4 is 11.1 Å². The van der Waals surface area contributed by atoms with Gasteiger partial charge in [0.05, 0.1) is 0 Å². The van der Waals surface area contributed by atoms with Gasteiger partial charge in [-0.2, -0.15) is 0 Å². The monoisotopic (exact) mass is 248 g/mol. The number of benzene rings is 1. The number of anilines is 1. The first kappa shape index (κ1) is 14.6. The SMILES string of the molecule is CCC(C)CC(CC)Nc1cccc(C(N)=O)c1. The molecule has 1 amide bonds. The number of carbonyl (C=O) groups is 1. The summed E-state index contributed by atoms with van der Waals surface area (Å²) in [6, 6.07) is 7.84. The minimum atomic E-state index is -0.381. The van der Waals surface area contributed by atoms with Crippen LogP contribution in [0.2, 0.25) is 0 Å². The number of hydrogen-bond acceptors (Lipinski definition) is 2. The second-order valence-electron chi connectivity index (χ2n) is 4.94. The van der Waals surface area contributed by atoms with E-state index in [0.29, 0.717) is 17.5 Å². The minimum absolute atomic E-state index is 0.381. The Morgan fingerprint density at radius 1 is 1.33 bits per heavy atom. The Morgan fingerprint density at radius 3 is 2.61 bits per heavy atom. The molecule has 1 aromatic rings. The zero-order valence-corrected chi connectivity index (χ0v) is 11.6. The average molecular weight is 248 g/mol. The van der Waals surface area contributed by atoms with E-state index in [1.807, 2.05) is 18.2 Å². The standard InChI is InChI=1S/C15H24N2O/c1-4-11(3)9-13(5-2)17-14-8-6-7-12(10-14)15(16)18/h6-8,10-11,13,17H,4-5,9H2,1-3H3,(H2,16,18). The Bertz CT molecular complexity index is 390. The highest BCUT2D eigenvalue weighted by atomic mass is 16.1. The van der Waals surface area contributed by atoms with Gasteiger partial charge in [0.1, 0.15) is 0 Å². The fraction of sp³-hybridized carbons (Fsp3) is 0.533. The highest BCUT2D eigenvalue weighted by Crippen LogP contribution is 2.18. The summed E-state index contributed by atoms with van der Waals surface area (Å²) < 4.78 is 0. The quantitative estimate of drug-likeness (QED) is 0.777. The van der Waals surface area contributed by atoms with Crippen molar-refractivity contribution in [3.63, 3.8) is 0 Å². The van der Waals surface area contributed by atoms with Gasteiger partial charge in [0, 0.05) is 17.3 Å². The van der Waals surface area contributed by atoms with Gasteiger partial charge in [-0.1, -0.05) is 33.3 Å². The molecule has 18 heavy (non-hydrogen) atoms. The molecule has 0 fully saturated rings. The fourth-order valence-electron chi connectivity index (χ4n) is 1.98. The van der Waals surface area contributed by atoms with Gasteiger partial charge in [-0.15, -0.1) is 0 Å². The van der Waals surface area contributed by atoms with Gasteiger partial charge < -0.3 is 11.1 Å². The minimum Gasteiger partial charge on any atom is -0.382 e. The number of hydrogen-bond donors (Lipinski definition) is 2. The van der Waals surface area contributed by atoms with Crippen LogP contribution in [0.3, 0.4) is 0 Å². The maximum Gasteiger partial charge on any atom is 0.248 e. The number of nitrogens with two attached hydrogens (primary N) is 1. The molecule has 3 heteroatoms. The molecule has 1 aromatic carbocycles. The Kier molecular flexibility index (Phi) is 5.69. The Labute approximate surface area is 110 Å². The summed E-state index contributed by atoms with van der Waals surface area (Å²) in [5.41, 5.74) is 6.81. The van der Waals surface area contributed by atoms with E-state index in [4.69, 9.17) is 5.73 Å². The van der Waals surface area contributed by atoms with Crippen LogP contribution in [-0.2, 0) is 0 Å². The van der Waals surface area contributed by atoms with Gasteiger partial charge in [0.2, 0.25) is 5.91 Å². The third-order valence-corrected chi connectivity index (χ3v) is 3.39. The molecule has 0 radical (unpaired) electrons. The van der Waals surface area contributed by atoms with Crippen molar-refractivity contribution in [3.8, 4) is 0 Å². The highest BCUT2D eigenvalue weighted by molar-refractivity contribution is 5.93. The molecule has 0 aliphatic carbocycles. The zero-order chi connectivity index (χ0) is 13.5. The van der Waals surface area contributed by atoms with E-state index in [-0.39, 0.29) is 5.91 Å². The van der Waals surface area contributed by atoms with Gasteiger partial charge >= 0.3 is 0 Å². The van der Waals surface area contributed by atoms with Crippen LogP contribution in [0.15, 0.2) is 24.3 Å². The van der Waals surface area contributed by atoms with Gasteiger partial charge in [0.15, 0.2) is 0 Å². The maximum absolute atomic E-state index is 11.1. The van der Waals surface area contributed by atoms with E-state index in [1.54, 1.807) is 6.07 Å². The van der Waals surface area contributed by atoms with Crippen LogP contribution in [0.5, 0.6) is 0 Å². The lowest BCUT2D eigenvalue weighted by molar-refractivity contribution is 0.100. The van der Waals surface area contributed by atoms with Crippen molar-refractivity contribution >= 4 is 11.6 Å². The van der Waals surface area contributed by atoms with Crippen molar-refractivity contribution in [2.45, 2.75) is 46.1 Å². The molecule has 3 N–H and O–H groups in total. The molecular weight excluding hydrogens is 224 g/mol. The Hall–Kier alpha value is -1.51. The summed E-state index contributed by atoms with van der Waals surface area (Å²) in [7, 11) is 0. The molecule has 100 valence electrons. The fourth-order valence-corrected chi connectivity index (χ4v) is 1.98. The zero-order valence-electron chi connectivity index (χ0n) is 11.6. The summed E-state index contributed by atoms with van der Waals surface area (Å²) >= 11 is 0. The third kappa shape index (κ3) is 4.40. The molecule has 0 aliphatic rings. The van der Waals surface area contributed by atoms with Crippen molar-refractivity contribution in [1.29, 1.82) is 0 Å². The van der Waals surface area contributed by atoms with Crippen LogP contribution in [0, 0.1) is 5.92 Å². The lowest BCUT2D eigenvalue weighted by Crippen LogP contribution is -2.21. The van der Waals surface area contributed by atoms with Crippen LogP contribution in [0.25, 0.3) is 0 Å². The topological polar surface area (TPSA) is 55.1 Å². The molecule has 2 unspecified atom stereocenters. The van der Waals surface area contributed by atoms with E-state index in [9.17, 15) is 4.79 Å². The van der Waals surface area contributed by atoms with Gasteiger partial charge in [-0.05, 0) is 37.0 Å². The predicted octanol–water partition coefficient (Wildman–Crippen LogP) is 3.41. The molecule has 0 aromatic heterocycles. The van der Waals surface area contributed by atoms with Crippen molar-refractivity contribution in [2.75, 3.05) is 5.32 Å². The van der Waals surface area contributed by atoms with Crippen molar-refractivity contribution in [3.05, 3.63) is 29.8 Å². The van der Waals surface area contributed by atoms with Crippen LogP contribution in [0.1, 0.15) is 50.4 Å². The smallest absolute Gasteiger partial charge is 0.248 e. The summed E-state index contributed by atoms with van der Waals surface area (Å²) in [5.74, 6) is 0.329. The highest BCUT2D eigenvalue weighted by Gasteiger charge is 2.11. The Morgan fingerprint density at radius 2 is 2.06 bits per heavy atom. The summed E-state index contributed by atoms with van der Waals surface area (Å²) in [6.45, 7) is 6.66. The lowest BCUT2D eigenvalue weighted by atomic mass is 9.97. The summed E-state index contributed by atoms with van der Waals surface area (Å²) in [4.78, 5) is 11.1. The van der Waals surface area contributed by atoms with Crippen LogP contribution in [0.4, 0.5) is 5.69 Å².